The minimum absolute atomic E-state index is 0.000912. The lowest BCUT2D eigenvalue weighted by molar-refractivity contribution is -0.140. The highest BCUT2D eigenvalue weighted by Crippen LogP contribution is 2.23. The third-order valence-electron chi connectivity index (χ3n) is 6.38. The van der Waals surface area contributed by atoms with Crippen LogP contribution in [0.15, 0.2) is 77.3 Å². The Balaban J connectivity index is 2.07. The van der Waals surface area contributed by atoms with Gasteiger partial charge >= 0.3 is 0 Å². The maximum Gasteiger partial charge on any atom is 0.244 e. The molecule has 0 spiro atoms. The van der Waals surface area contributed by atoms with E-state index in [9.17, 15) is 26.8 Å². The zero-order chi connectivity index (χ0) is 29.4. The summed E-state index contributed by atoms with van der Waals surface area (Å²) in [7, 11) is -4.09. The highest BCUT2D eigenvalue weighted by atomic mass is 79.9. The lowest BCUT2D eigenvalue weighted by atomic mass is 10.0. The van der Waals surface area contributed by atoms with Crippen molar-refractivity contribution in [3.8, 4) is 0 Å². The summed E-state index contributed by atoms with van der Waals surface area (Å²) in [5.74, 6) is -3.47. The van der Waals surface area contributed by atoms with Gasteiger partial charge in [-0.1, -0.05) is 65.3 Å². The number of amides is 2. The average Bonchev–Trinajstić information content (AvgIpc) is 2.90. The van der Waals surface area contributed by atoms with Crippen molar-refractivity contribution in [3.63, 3.8) is 0 Å². The smallest absolute Gasteiger partial charge is 0.244 e. The first-order valence-electron chi connectivity index (χ1n) is 12.7. The van der Waals surface area contributed by atoms with Crippen LogP contribution < -0.4 is 9.62 Å². The summed E-state index contributed by atoms with van der Waals surface area (Å²) in [5, 5.41) is 2.95. The van der Waals surface area contributed by atoms with Crippen LogP contribution in [0.2, 0.25) is 0 Å². The van der Waals surface area contributed by atoms with Crippen molar-refractivity contribution in [1.29, 1.82) is 0 Å². The molecular weight excluding hydrogens is 604 g/mol. The molecule has 0 bridgehead atoms. The number of nitrogens with one attached hydrogen (secondary N) is 1. The number of carbonyl (C=O) groups excluding carboxylic acids is 2. The topological polar surface area (TPSA) is 86.8 Å². The van der Waals surface area contributed by atoms with Crippen LogP contribution in [0.25, 0.3) is 0 Å². The van der Waals surface area contributed by atoms with Gasteiger partial charge in [0, 0.05) is 29.5 Å². The molecule has 0 saturated carbocycles. The fraction of sp³-hybridized carbons (Fsp3) is 0.310. The summed E-state index contributed by atoms with van der Waals surface area (Å²) in [6.07, 6.45) is 1.71. The molecule has 0 saturated heterocycles. The Morgan fingerprint density at radius 1 is 0.950 bits per heavy atom. The summed E-state index contributed by atoms with van der Waals surface area (Å²) in [4.78, 5) is 28.9. The molecule has 3 aromatic rings. The zero-order valence-electron chi connectivity index (χ0n) is 22.5. The largest absolute Gasteiger partial charge is 0.352 e. The monoisotopic (exact) mass is 635 g/mol. The molecule has 0 radical (unpaired) electrons. The summed E-state index contributed by atoms with van der Waals surface area (Å²) in [6.45, 7) is 3.05. The Morgan fingerprint density at radius 2 is 1.62 bits per heavy atom. The van der Waals surface area contributed by atoms with Gasteiger partial charge in [-0.15, -0.1) is 0 Å². The van der Waals surface area contributed by atoms with Crippen molar-refractivity contribution in [1.82, 2.24) is 10.2 Å². The van der Waals surface area contributed by atoms with Crippen molar-refractivity contribution < 1.29 is 26.8 Å². The number of carbonyl (C=O) groups is 2. The van der Waals surface area contributed by atoms with E-state index >= 15 is 0 Å². The first kappa shape index (κ1) is 31.2. The fourth-order valence-corrected chi connectivity index (χ4v) is 5.37. The molecule has 3 aromatic carbocycles. The van der Waals surface area contributed by atoms with Crippen LogP contribution in [0, 0.1) is 11.6 Å². The Bertz CT molecular complexity index is 1440. The van der Waals surface area contributed by atoms with Gasteiger partial charge < -0.3 is 10.2 Å². The third kappa shape index (κ3) is 8.59. The van der Waals surface area contributed by atoms with Crippen molar-refractivity contribution in [2.45, 2.75) is 45.3 Å². The molecule has 1 N–H and O–H groups in total. The molecule has 0 aromatic heterocycles. The van der Waals surface area contributed by atoms with E-state index in [4.69, 9.17) is 0 Å². The quantitative estimate of drug-likeness (QED) is 0.302. The molecule has 3 rings (SSSR count). The molecule has 7 nitrogen and oxygen atoms in total. The summed E-state index contributed by atoms with van der Waals surface area (Å²) >= 11 is 3.42. The van der Waals surface area contributed by atoms with Crippen molar-refractivity contribution >= 4 is 43.5 Å². The summed E-state index contributed by atoms with van der Waals surface area (Å²) in [5.41, 5.74) is 1.30. The van der Waals surface area contributed by atoms with Crippen LogP contribution in [-0.2, 0) is 32.6 Å². The first-order chi connectivity index (χ1) is 18.9. The van der Waals surface area contributed by atoms with E-state index in [0.29, 0.717) is 16.3 Å². The van der Waals surface area contributed by atoms with E-state index in [1.54, 1.807) is 18.2 Å². The molecule has 11 heteroatoms. The van der Waals surface area contributed by atoms with Crippen molar-refractivity contribution in [2.24, 2.45) is 0 Å². The Morgan fingerprint density at radius 3 is 2.23 bits per heavy atom. The van der Waals surface area contributed by atoms with Crippen LogP contribution in [0.5, 0.6) is 0 Å². The van der Waals surface area contributed by atoms with Crippen LogP contribution in [0.1, 0.15) is 31.4 Å². The van der Waals surface area contributed by atoms with Gasteiger partial charge in [-0.3, -0.25) is 13.9 Å². The number of anilines is 1. The SMILES string of the molecule is CCC(C)NC(=O)C(Cc1ccccc1)N(Cc1cccc(Br)c1)C(=O)CN(c1ccc(F)c(F)c1)S(C)(=O)=O. The second-order valence-electron chi connectivity index (χ2n) is 9.54. The van der Waals surface area contributed by atoms with E-state index in [1.165, 1.54) is 4.90 Å². The number of benzene rings is 3. The maximum absolute atomic E-state index is 14.0. The van der Waals surface area contributed by atoms with E-state index in [0.717, 1.165) is 34.5 Å². The highest BCUT2D eigenvalue weighted by Gasteiger charge is 2.33. The molecule has 0 heterocycles. The molecule has 2 unspecified atom stereocenters. The number of sulfonamides is 1. The van der Waals surface area contributed by atoms with E-state index in [1.807, 2.05) is 50.2 Å². The fourth-order valence-electron chi connectivity index (χ4n) is 4.08. The Kier molecular flexibility index (Phi) is 10.8. The van der Waals surface area contributed by atoms with E-state index in [-0.39, 0.29) is 30.6 Å². The normalized spacial score (nSPS) is 12.8. The highest BCUT2D eigenvalue weighted by molar-refractivity contribution is 9.10. The predicted octanol–water partition coefficient (Wildman–Crippen LogP) is 5.05. The first-order valence-corrected chi connectivity index (χ1v) is 15.3. The Hall–Kier alpha value is -3.31. The van der Waals surface area contributed by atoms with E-state index < -0.39 is 40.2 Å². The number of hydrogen-bond donors (Lipinski definition) is 1. The molecule has 0 fully saturated rings. The third-order valence-corrected chi connectivity index (χ3v) is 8.02. The van der Waals surface area contributed by atoms with Crippen LogP contribution >= 0.6 is 15.9 Å². The lowest BCUT2D eigenvalue weighted by Crippen LogP contribution is -2.54. The molecule has 2 amide bonds. The number of nitrogens with zero attached hydrogens (tertiary/aromatic N) is 2. The summed E-state index contributed by atoms with van der Waals surface area (Å²) < 4.78 is 54.5. The maximum atomic E-state index is 14.0. The standard InChI is InChI=1S/C29H32BrF2N3O4S/c1-4-20(2)33-29(37)27(16-21-9-6-5-7-10-21)34(18-22-11-8-12-23(30)15-22)28(36)19-35(40(3,38)39)24-13-14-25(31)26(32)17-24/h5-15,17,20,27H,4,16,18-19H2,1-3H3,(H,33,37). The molecule has 2 atom stereocenters. The second kappa shape index (κ2) is 13.8. The minimum Gasteiger partial charge on any atom is -0.352 e. The van der Waals surface area contributed by atoms with E-state index in [2.05, 4.69) is 21.2 Å². The molecule has 0 aliphatic carbocycles. The van der Waals surface area contributed by atoms with Gasteiger partial charge in [-0.05, 0) is 48.7 Å². The zero-order valence-corrected chi connectivity index (χ0v) is 24.9. The minimum atomic E-state index is -4.09. The van der Waals surface area contributed by atoms with Gasteiger partial charge in [0.1, 0.15) is 12.6 Å². The van der Waals surface area contributed by atoms with Crippen LogP contribution in [-0.4, -0.2) is 50.0 Å². The van der Waals surface area contributed by atoms with Gasteiger partial charge in [0.25, 0.3) is 0 Å². The van der Waals surface area contributed by atoms with Gasteiger partial charge in [0.15, 0.2) is 11.6 Å². The molecule has 214 valence electrons. The lowest BCUT2D eigenvalue weighted by Gasteiger charge is -2.34. The number of hydrogen-bond acceptors (Lipinski definition) is 4. The van der Waals surface area contributed by atoms with Crippen LogP contribution in [0.3, 0.4) is 0 Å². The van der Waals surface area contributed by atoms with Crippen molar-refractivity contribution in [2.75, 3.05) is 17.1 Å². The van der Waals surface area contributed by atoms with Gasteiger partial charge in [0.05, 0.1) is 11.9 Å². The van der Waals surface area contributed by atoms with Gasteiger partial charge in [-0.25, -0.2) is 17.2 Å². The Labute approximate surface area is 242 Å². The summed E-state index contributed by atoms with van der Waals surface area (Å²) in [6, 6.07) is 17.8. The second-order valence-corrected chi connectivity index (χ2v) is 12.4. The van der Waals surface area contributed by atoms with Crippen molar-refractivity contribution in [3.05, 3.63) is 100 Å². The van der Waals surface area contributed by atoms with Crippen LogP contribution in [0.4, 0.5) is 14.5 Å². The van der Waals surface area contributed by atoms with Gasteiger partial charge in [-0.2, -0.15) is 0 Å². The van der Waals surface area contributed by atoms with Gasteiger partial charge in [0.2, 0.25) is 21.8 Å². The molecule has 0 aliphatic heterocycles. The molecule has 0 aliphatic rings. The predicted molar refractivity (Wildman–Crippen MR) is 155 cm³/mol. The molecular formula is C29H32BrF2N3O4S. The average molecular weight is 637 g/mol. The number of rotatable bonds is 12. The molecule has 40 heavy (non-hydrogen) atoms. The number of halogens is 3.